The molecule has 4 heteroatoms. The van der Waals surface area contributed by atoms with Crippen LogP contribution in [0.1, 0.15) is 91.9 Å². The molecule has 0 spiro atoms. The molecule has 0 aliphatic carbocycles. The average Bonchev–Trinajstić information content (AvgIpc) is 3.08. The van der Waals surface area contributed by atoms with E-state index in [4.69, 9.17) is 0 Å². The number of aromatic nitrogens is 3. The van der Waals surface area contributed by atoms with Gasteiger partial charge in [-0.2, -0.15) is 5.10 Å². The van der Waals surface area contributed by atoms with Crippen molar-refractivity contribution in [1.29, 1.82) is 0 Å². The lowest BCUT2D eigenvalue weighted by Crippen LogP contribution is -2.44. The second-order valence-corrected chi connectivity index (χ2v) is 6.71. The van der Waals surface area contributed by atoms with Gasteiger partial charge in [0.05, 0.1) is 6.67 Å². The van der Waals surface area contributed by atoms with Crippen LogP contribution in [0.3, 0.4) is 0 Å². The van der Waals surface area contributed by atoms with Crippen molar-refractivity contribution in [3.05, 3.63) is 12.7 Å². The van der Waals surface area contributed by atoms with Crippen LogP contribution >= 0.6 is 0 Å². The fourth-order valence-electron chi connectivity index (χ4n) is 3.47. The van der Waals surface area contributed by atoms with Crippen molar-refractivity contribution >= 4 is 0 Å². The van der Waals surface area contributed by atoms with Gasteiger partial charge in [0.2, 0.25) is 0 Å². The van der Waals surface area contributed by atoms with Crippen molar-refractivity contribution in [3.8, 4) is 0 Å². The van der Waals surface area contributed by atoms with Crippen LogP contribution in [0.25, 0.3) is 0 Å². The Bertz CT molecular complexity index is 345. The van der Waals surface area contributed by atoms with E-state index in [1.807, 2.05) is 11.0 Å². The van der Waals surface area contributed by atoms with Crippen LogP contribution in [0.5, 0.6) is 0 Å². The van der Waals surface area contributed by atoms with Gasteiger partial charge in [-0.3, -0.25) is 4.90 Å². The van der Waals surface area contributed by atoms with E-state index in [0.717, 1.165) is 6.67 Å². The predicted molar refractivity (Wildman–Crippen MR) is 98.3 cm³/mol. The summed E-state index contributed by atoms with van der Waals surface area (Å²) in [5.41, 5.74) is 0. The summed E-state index contributed by atoms with van der Waals surface area (Å²) in [7, 11) is 0. The molecule has 2 unspecified atom stereocenters. The van der Waals surface area contributed by atoms with E-state index in [-0.39, 0.29) is 0 Å². The summed E-state index contributed by atoms with van der Waals surface area (Å²) < 4.78 is 1.99. The molecule has 1 aromatic rings. The van der Waals surface area contributed by atoms with Gasteiger partial charge in [0.25, 0.3) is 0 Å². The molecule has 4 nitrogen and oxygen atoms in total. The molecule has 1 rings (SSSR count). The third kappa shape index (κ3) is 7.47. The molecular weight excluding hydrogens is 284 g/mol. The van der Waals surface area contributed by atoms with Crippen molar-refractivity contribution in [2.24, 2.45) is 0 Å². The zero-order chi connectivity index (χ0) is 16.9. The first-order valence-electron chi connectivity index (χ1n) is 9.84. The third-order valence-corrected chi connectivity index (χ3v) is 4.94. The highest BCUT2D eigenvalue weighted by molar-refractivity contribution is 4.77. The van der Waals surface area contributed by atoms with Crippen molar-refractivity contribution in [2.45, 2.75) is 111 Å². The van der Waals surface area contributed by atoms with Gasteiger partial charge >= 0.3 is 0 Å². The predicted octanol–water partition coefficient (Wildman–Crippen LogP) is 5.26. The van der Waals surface area contributed by atoms with Crippen molar-refractivity contribution < 1.29 is 0 Å². The van der Waals surface area contributed by atoms with Gasteiger partial charge in [-0.1, -0.05) is 66.2 Å². The molecular formula is C19H38N4. The second-order valence-electron chi connectivity index (χ2n) is 6.71. The Balaban J connectivity index is 2.75. The van der Waals surface area contributed by atoms with Gasteiger partial charge in [-0.05, 0) is 25.7 Å². The lowest BCUT2D eigenvalue weighted by molar-refractivity contribution is 0.0680. The summed E-state index contributed by atoms with van der Waals surface area (Å²) in [6.07, 6.45) is 16.5. The largest absolute Gasteiger partial charge is 0.278 e. The molecule has 23 heavy (non-hydrogen) atoms. The van der Waals surface area contributed by atoms with Crippen LogP contribution in [-0.4, -0.2) is 31.7 Å². The molecule has 0 amide bonds. The van der Waals surface area contributed by atoms with Gasteiger partial charge in [-0.15, -0.1) is 0 Å². The molecule has 0 saturated carbocycles. The van der Waals surface area contributed by atoms with E-state index in [1.54, 1.807) is 6.33 Å². The molecule has 0 N–H and O–H groups in total. The smallest absolute Gasteiger partial charge is 0.137 e. The lowest BCUT2D eigenvalue weighted by Gasteiger charge is -2.37. The molecule has 1 heterocycles. The minimum Gasteiger partial charge on any atom is -0.278 e. The maximum atomic E-state index is 4.35. The Hall–Kier alpha value is -0.900. The Labute approximate surface area is 143 Å². The first kappa shape index (κ1) is 20.1. The third-order valence-electron chi connectivity index (χ3n) is 4.94. The van der Waals surface area contributed by atoms with Crippen LogP contribution < -0.4 is 0 Å². The van der Waals surface area contributed by atoms with E-state index < -0.39 is 0 Å². The monoisotopic (exact) mass is 322 g/mol. The highest BCUT2D eigenvalue weighted by atomic mass is 15.4. The number of hydrogen-bond acceptors (Lipinski definition) is 3. The van der Waals surface area contributed by atoms with E-state index in [9.17, 15) is 0 Å². The standard InChI is InChI=1S/C19H38N4/c1-5-9-11-13-18(7-3)23(17-22-16-20-15-21-22)19(8-4)14-12-10-6-2/h15-16,18-19H,5-14,17H2,1-4H3. The Morgan fingerprint density at radius 1 is 0.870 bits per heavy atom. The Kier molecular flexibility index (Phi) is 11.0. The van der Waals surface area contributed by atoms with Crippen molar-refractivity contribution in [2.75, 3.05) is 0 Å². The zero-order valence-corrected chi connectivity index (χ0v) is 15.9. The van der Waals surface area contributed by atoms with Gasteiger partial charge in [0.1, 0.15) is 12.7 Å². The van der Waals surface area contributed by atoms with Gasteiger partial charge in [-0.25, -0.2) is 9.67 Å². The molecule has 2 atom stereocenters. The topological polar surface area (TPSA) is 34.0 Å². The fraction of sp³-hybridized carbons (Fsp3) is 0.895. The summed E-state index contributed by atoms with van der Waals surface area (Å²) in [6, 6.07) is 1.33. The fourth-order valence-corrected chi connectivity index (χ4v) is 3.47. The average molecular weight is 323 g/mol. The van der Waals surface area contributed by atoms with Crippen molar-refractivity contribution in [3.63, 3.8) is 0 Å². The van der Waals surface area contributed by atoms with Crippen LogP contribution in [0.15, 0.2) is 12.7 Å². The summed E-state index contributed by atoms with van der Waals surface area (Å²) in [5.74, 6) is 0. The van der Waals surface area contributed by atoms with E-state index in [1.165, 1.54) is 64.2 Å². The molecule has 0 aromatic carbocycles. The molecule has 0 aliphatic rings. The summed E-state index contributed by atoms with van der Waals surface area (Å²) in [4.78, 5) is 6.83. The Morgan fingerprint density at radius 3 is 1.83 bits per heavy atom. The van der Waals surface area contributed by atoms with E-state index >= 15 is 0 Å². The number of nitrogens with zero attached hydrogens (tertiary/aromatic N) is 4. The minimum atomic E-state index is 0.664. The van der Waals surface area contributed by atoms with Gasteiger partial charge in [0.15, 0.2) is 0 Å². The summed E-state index contributed by atoms with van der Waals surface area (Å²) in [6.45, 7) is 10.1. The van der Waals surface area contributed by atoms with Crippen LogP contribution in [0, 0.1) is 0 Å². The van der Waals surface area contributed by atoms with Crippen LogP contribution in [0.2, 0.25) is 0 Å². The maximum absolute atomic E-state index is 4.35. The minimum absolute atomic E-state index is 0.664. The van der Waals surface area contributed by atoms with Crippen molar-refractivity contribution in [1.82, 2.24) is 19.7 Å². The molecule has 0 fully saturated rings. The summed E-state index contributed by atoms with van der Waals surface area (Å²) in [5, 5.41) is 4.35. The number of unbranched alkanes of at least 4 members (excludes halogenated alkanes) is 4. The highest BCUT2D eigenvalue weighted by Gasteiger charge is 2.24. The first-order valence-corrected chi connectivity index (χ1v) is 9.84. The number of rotatable bonds is 14. The van der Waals surface area contributed by atoms with Crippen LogP contribution in [0.4, 0.5) is 0 Å². The summed E-state index contributed by atoms with van der Waals surface area (Å²) >= 11 is 0. The molecule has 0 aliphatic heterocycles. The zero-order valence-electron chi connectivity index (χ0n) is 15.9. The first-order chi connectivity index (χ1) is 11.3. The molecule has 0 bridgehead atoms. The number of hydrogen-bond donors (Lipinski definition) is 0. The SMILES string of the molecule is CCCCCC(CC)N(Cn1cncn1)C(CC)CCCCC. The maximum Gasteiger partial charge on any atom is 0.137 e. The van der Waals surface area contributed by atoms with Gasteiger partial charge < -0.3 is 0 Å². The van der Waals surface area contributed by atoms with E-state index in [0.29, 0.717) is 12.1 Å². The van der Waals surface area contributed by atoms with E-state index in [2.05, 4.69) is 42.7 Å². The normalized spacial score (nSPS) is 14.3. The van der Waals surface area contributed by atoms with Crippen LogP contribution in [-0.2, 0) is 6.67 Å². The highest BCUT2D eigenvalue weighted by Crippen LogP contribution is 2.22. The quantitative estimate of drug-likeness (QED) is 0.438. The lowest BCUT2D eigenvalue weighted by atomic mass is 9.99. The second kappa shape index (κ2) is 12.5. The molecule has 0 saturated heterocycles. The Morgan fingerprint density at radius 2 is 1.43 bits per heavy atom. The molecule has 134 valence electrons. The van der Waals surface area contributed by atoms with Gasteiger partial charge in [0, 0.05) is 12.1 Å². The molecule has 1 aromatic heterocycles. The molecule has 0 radical (unpaired) electrons.